The van der Waals surface area contributed by atoms with Crippen LogP contribution in [0.15, 0.2) is 0 Å². The molecule has 0 aromatic heterocycles. The van der Waals surface area contributed by atoms with Crippen molar-refractivity contribution in [2.45, 2.75) is 32.5 Å². The van der Waals surface area contributed by atoms with Gasteiger partial charge in [-0.3, -0.25) is 0 Å². The zero-order valence-electron chi connectivity index (χ0n) is 10.4. The lowest BCUT2D eigenvalue weighted by Crippen LogP contribution is -2.43. The molecule has 86 valence electrons. The first-order valence-corrected chi connectivity index (χ1v) is 9.51. The van der Waals surface area contributed by atoms with Gasteiger partial charge in [0.1, 0.15) is 8.07 Å². The average Bonchev–Trinajstić information content (AvgIpc) is 2.17. The molecule has 0 unspecified atom stereocenters. The van der Waals surface area contributed by atoms with E-state index in [0.717, 1.165) is 19.5 Å². The third-order valence-electron chi connectivity index (χ3n) is 2.45. The molecule has 1 rings (SSSR count). The first kappa shape index (κ1) is 12.8. The fraction of sp³-hybridized carbons (Fsp3) is 0.833. The molecule has 1 aliphatic heterocycles. The molecule has 1 fully saturated rings. The zero-order chi connectivity index (χ0) is 11.1. The molecule has 1 heterocycles. The van der Waals surface area contributed by atoms with Crippen molar-refractivity contribution in [1.82, 2.24) is 10.2 Å². The Bertz CT molecular complexity index is 228. The topological polar surface area (TPSA) is 15.3 Å². The summed E-state index contributed by atoms with van der Waals surface area (Å²) in [6.45, 7) is 12.9. The van der Waals surface area contributed by atoms with Crippen LogP contribution in [-0.4, -0.2) is 45.7 Å². The molecule has 1 saturated heterocycles. The van der Waals surface area contributed by atoms with E-state index >= 15 is 0 Å². The Labute approximate surface area is 95.4 Å². The minimum Gasteiger partial charge on any atom is -0.314 e. The molecular formula is C12H24N2Si. The SMILES string of the molecule is C[Si](C)(C)C#CCCCN1CCNCC1. The van der Waals surface area contributed by atoms with Gasteiger partial charge in [-0.05, 0) is 13.0 Å². The Hall–Kier alpha value is -0.303. The van der Waals surface area contributed by atoms with Gasteiger partial charge in [-0.1, -0.05) is 19.6 Å². The van der Waals surface area contributed by atoms with E-state index in [4.69, 9.17) is 0 Å². The molecular weight excluding hydrogens is 200 g/mol. The molecule has 0 radical (unpaired) electrons. The van der Waals surface area contributed by atoms with Gasteiger partial charge in [0, 0.05) is 32.6 Å². The van der Waals surface area contributed by atoms with Crippen molar-refractivity contribution in [3.63, 3.8) is 0 Å². The molecule has 0 aromatic carbocycles. The zero-order valence-corrected chi connectivity index (χ0v) is 11.4. The average molecular weight is 224 g/mol. The van der Waals surface area contributed by atoms with E-state index in [0.29, 0.717) is 0 Å². The lowest BCUT2D eigenvalue weighted by molar-refractivity contribution is 0.239. The molecule has 0 spiro atoms. The van der Waals surface area contributed by atoms with Crippen molar-refractivity contribution in [3.05, 3.63) is 0 Å². The summed E-state index contributed by atoms with van der Waals surface area (Å²) in [4.78, 5) is 2.53. The third kappa shape index (κ3) is 6.72. The minimum absolute atomic E-state index is 1.08. The first-order valence-electron chi connectivity index (χ1n) is 6.01. The summed E-state index contributed by atoms with van der Waals surface area (Å²) in [5.74, 6) is 3.33. The Kier molecular flexibility index (Phi) is 5.38. The van der Waals surface area contributed by atoms with Crippen LogP contribution < -0.4 is 5.32 Å². The number of nitrogens with zero attached hydrogens (tertiary/aromatic N) is 1. The number of piperazine rings is 1. The third-order valence-corrected chi connectivity index (χ3v) is 3.38. The molecule has 0 bridgehead atoms. The standard InChI is InChI=1S/C12H24N2Si/c1-15(2,3)12-6-4-5-9-14-10-7-13-8-11-14/h13H,4-5,7-11H2,1-3H3. The molecule has 0 aliphatic carbocycles. The summed E-state index contributed by atoms with van der Waals surface area (Å²) < 4.78 is 0. The molecule has 0 atom stereocenters. The summed E-state index contributed by atoms with van der Waals surface area (Å²) in [5, 5.41) is 3.37. The van der Waals surface area contributed by atoms with E-state index in [1.807, 2.05) is 0 Å². The minimum atomic E-state index is -1.13. The second-order valence-electron chi connectivity index (χ2n) is 5.25. The molecule has 15 heavy (non-hydrogen) atoms. The number of hydrogen-bond donors (Lipinski definition) is 1. The predicted octanol–water partition coefficient (Wildman–Crippen LogP) is 1.55. The Morgan fingerprint density at radius 3 is 2.47 bits per heavy atom. The van der Waals surface area contributed by atoms with Crippen molar-refractivity contribution in [1.29, 1.82) is 0 Å². The van der Waals surface area contributed by atoms with Crippen LogP contribution in [0.1, 0.15) is 12.8 Å². The summed E-state index contributed by atoms with van der Waals surface area (Å²) >= 11 is 0. The molecule has 3 heteroatoms. The van der Waals surface area contributed by atoms with Crippen LogP contribution in [0.25, 0.3) is 0 Å². The summed E-state index contributed by atoms with van der Waals surface area (Å²) in [5.41, 5.74) is 3.42. The van der Waals surface area contributed by atoms with Crippen LogP contribution in [0.2, 0.25) is 19.6 Å². The maximum Gasteiger partial charge on any atom is 0.129 e. The van der Waals surface area contributed by atoms with Crippen molar-refractivity contribution in [2.24, 2.45) is 0 Å². The van der Waals surface area contributed by atoms with Crippen LogP contribution in [0.5, 0.6) is 0 Å². The Morgan fingerprint density at radius 1 is 1.20 bits per heavy atom. The van der Waals surface area contributed by atoms with Gasteiger partial charge in [0.05, 0.1) is 0 Å². The molecule has 1 N–H and O–H groups in total. The highest BCUT2D eigenvalue weighted by atomic mass is 28.3. The fourth-order valence-electron chi connectivity index (χ4n) is 1.65. The highest BCUT2D eigenvalue weighted by Gasteiger charge is 2.08. The number of rotatable bonds is 3. The monoisotopic (exact) mass is 224 g/mol. The Morgan fingerprint density at radius 2 is 1.87 bits per heavy atom. The van der Waals surface area contributed by atoms with E-state index in [1.54, 1.807) is 0 Å². The van der Waals surface area contributed by atoms with E-state index in [1.165, 1.54) is 26.1 Å². The van der Waals surface area contributed by atoms with Crippen LogP contribution in [0.4, 0.5) is 0 Å². The Balaban J connectivity index is 2.07. The van der Waals surface area contributed by atoms with Crippen molar-refractivity contribution >= 4 is 8.07 Å². The van der Waals surface area contributed by atoms with Gasteiger partial charge < -0.3 is 10.2 Å². The van der Waals surface area contributed by atoms with Gasteiger partial charge in [0.25, 0.3) is 0 Å². The lowest BCUT2D eigenvalue weighted by Gasteiger charge is -2.26. The van der Waals surface area contributed by atoms with Gasteiger partial charge >= 0.3 is 0 Å². The summed E-state index contributed by atoms with van der Waals surface area (Å²) in [7, 11) is -1.13. The second-order valence-corrected chi connectivity index (χ2v) is 10.00. The van der Waals surface area contributed by atoms with Crippen molar-refractivity contribution in [2.75, 3.05) is 32.7 Å². The van der Waals surface area contributed by atoms with E-state index in [9.17, 15) is 0 Å². The maximum absolute atomic E-state index is 3.42. The van der Waals surface area contributed by atoms with Crippen molar-refractivity contribution in [3.8, 4) is 11.5 Å². The molecule has 0 amide bonds. The van der Waals surface area contributed by atoms with Gasteiger partial charge in [0.15, 0.2) is 0 Å². The predicted molar refractivity (Wildman–Crippen MR) is 69.7 cm³/mol. The first-order chi connectivity index (χ1) is 7.08. The molecule has 0 aromatic rings. The summed E-state index contributed by atoms with van der Waals surface area (Å²) in [6, 6.07) is 0. The van der Waals surface area contributed by atoms with Crippen LogP contribution >= 0.6 is 0 Å². The van der Waals surface area contributed by atoms with Crippen LogP contribution in [-0.2, 0) is 0 Å². The van der Waals surface area contributed by atoms with Gasteiger partial charge in [-0.25, -0.2) is 0 Å². The molecule has 1 aliphatic rings. The van der Waals surface area contributed by atoms with Gasteiger partial charge in [0.2, 0.25) is 0 Å². The van der Waals surface area contributed by atoms with E-state index < -0.39 is 8.07 Å². The van der Waals surface area contributed by atoms with E-state index in [2.05, 4.69) is 41.3 Å². The number of unbranched alkanes of at least 4 members (excludes halogenated alkanes) is 1. The highest BCUT2D eigenvalue weighted by molar-refractivity contribution is 6.83. The largest absolute Gasteiger partial charge is 0.314 e. The maximum atomic E-state index is 3.42. The van der Waals surface area contributed by atoms with Gasteiger partial charge in [-0.15, -0.1) is 11.5 Å². The van der Waals surface area contributed by atoms with E-state index in [-0.39, 0.29) is 0 Å². The quantitative estimate of drug-likeness (QED) is 0.444. The lowest BCUT2D eigenvalue weighted by atomic mass is 10.3. The van der Waals surface area contributed by atoms with Crippen LogP contribution in [0, 0.1) is 11.5 Å². The summed E-state index contributed by atoms with van der Waals surface area (Å²) in [6.07, 6.45) is 2.31. The number of hydrogen-bond acceptors (Lipinski definition) is 2. The number of nitrogens with one attached hydrogen (secondary N) is 1. The van der Waals surface area contributed by atoms with Crippen LogP contribution in [0.3, 0.4) is 0 Å². The van der Waals surface area contributed by atoms with Crippen molar-refractivity contribution < 1.29 is 0 Å². The molecule has 0 saturated carbocycles. The second kappa shape index (κ2) is 6.32. The molecule has 2 nitrogen and oxygen atoms in total. The fourth-order valence-corrected chi connectivity index (χ4v) is 2.31. The van der Waals surface area contributed by atoms with Gasteiger partial charge in [-0.2, -0.15) is 0 Å². The smallest absolute Gasteiger partial charge is 0.129 e. The normalized spacial score (nSPS) is 18.3. The highest BCUT2D eigenvalue weighted by Crippen LogP contribution is 1.99.